The average Bonchev–Trinajstić information content (AvgIpc) is 3.34. The van der Waals surface area contributed by atoms with Gasteiger partial charge in [-0.25, -0.2) is 4.79 Å². The van der Waals surface area contributed by atoms with E-state index < -0.39 is 0 Å². The highest BCUT2D eigenvalue weighted by Gasteiger charge is 2.23. The lowest BCUT2D eigenvalue weighted by Gasteiger charge is -2.11. The van der Waals surface area contributed by atoms with E-state index in [0.717, 1.165) is 24.3 Å². The first-order valence-corrected chi connectivity index (χ1v) is 8.03. The maximum absolute atomic E-state index is 11.6. The van der Waals surface area contributed by atoms with E-state index >= 15 is 0 Å². The quantitative estimate of drug-likeness (QED) is 0.757. The summed E-state index contributed by atoms with van der Waals surface area (Å²) in [5, 5.41) is 16.7. The largest absolute Gasteiger partial charge is 0.491 e. The number of hydrogen-bond donors (Lipinski definition) is 3. The van der Waals surface area contributed by atoms with Crippen LogP contribution >= 0.6 is 0 Å². The first kappa shape index (κ1) is 16.0. The Morgan fingerprint density at radius 3 is 2.33 bits per heavy atom. The molecule has 2 aromatic rings. The van der Waals surface area contributed by atoms with E-state index in [1.807, 2.05) is 38.1 Å². The monoisotopic (exact) mass is 327 g/mol. The van der Waals surface area contributed by atoms with E-state index in [2.05, 4.69) is 26.1 Å². The molecule has 2 amide bonds. The number of aromatic nitrogens is 2. The van der Waals surface area contributed by atoms with Crippen LogP contribution in [0.25, 0.3) is 0 Å². The molecule has 0 saturated heterocycles. The van der Waals surface area contributed by atoms with Crippen LogP contribution in [-0.2, 0) is 0 Å². The fourth-order valence-corrected chi connectivity index (χ4v) is 2.07. The van der Waals surface area contributed by atoms with Gasteiger partial charge in [0.05, 0.1) is 6.10 Å². The van der Waals surface area contributed by atoms with Gasteiger partial charge in [-0.3, -0.25) is 5.32 Å². The average molecular weight is 327 g/mol. The van der Waals surface area contributed by atoms with Gasteiger partial charge in [-0.05, 0) is 63.1 Å². The SMILES string of the molecule is CC(C)Oc1ccc(Nc2ccc(NC(=O)NC3CC3)nn2)cc1. The summed E-state index contributed by atoms with van der Waals surface area (Å²) < 4.78 is 5.60. The van der Waals surface area contributed by atoms with Gasteiger partial charge in [0.15, 0.2) is 11.6 Å². The number of amides is 2. The Kier molecular flexibility index (Phi) is 4.79. The van der Waals surface area contributed by atoms with Crippen molar-refractivity contribution >= 4 is 23.4 Å². The van der Waals surface area contributed by atoms with Gasteiger partial charge in [-0.1, -0.05) is 0 Å². The number of urea groups is 1. The fourth-order valence-electron chi connectivity index (χ4n) is 2.07. The van der Waals surface area contributed by atoms with Crippen LogP contribution in [0.15, 0.2) is 36.4 Å². The van der Waals surface area contributed by atoms with E-state index in [1.165, 1.54) is 0 Å². The number of ether oxygens (including phenoxy) is 1. The Labute approximate surface area is 140 Å². The van der Waals surface area contributed by atoms with E-state index in [-0.39, 0.29) is 12.1 Å². The van der Waals surface area contributed by atoms with Crippen LogP contribution in [0.4, 0.5) is 22.1 Å². The zero-order valence-electron chi connectivity index (χ0n) is 13.7. The molecule has 0 unspecified atom stereocenters. The van der Waals surface area contributed by atoms with Crippen LogP contribution in [0.1, 0.15) is 26.7 Å². The molecule has 1 saturated carbocycles. The van der Waals surface area contributed by atoms with E-state index in [1.54, 1.807) is 12.1 Å². The topological polar surface area (TPSA) is 88.2 Å². The van der Waals surface area contributed by atoms with Gasteiger partial charge in [0.2, 0.25) is 0 Å². The van der Waals surface area contributed by atoms with Crippen LogP contribution < -0.4 is 20.7 Å². The molecule has 7 nitrogen and oxygen atoms in total. The minimum Gasteiger partial charge on any atom is -0.491 e. The number of nitrogens with zero attached hydrogens (tertiary/aromatic N) is 2. The Morgan fingerprint density at radius 1 is 1.08 bits per heavy atom. The normalized spacial score (nSPS) is 13.5. The molecule has 1 aromatic heterocycles. The molecule has 3 N–H and O–H groups in total. The van der Waals surface area contributed by atoms with Gasteiger partial charge >= 0.3 is 6.03 Å². The Balaban J connectivity index is 1.54. The van der Waals surface area contributed by atoms with Gasteiger partial charge in [0.25, 0.3) is 0 Å². The molecule has 7 heteroatoms. The summed E-state index contributed by atoms with van der Waals surface area (Å²) >= 11 is 0. The van der Waals surface area contributed by atoms with E-state index in [9.17, 15) is 4.79 Å². The van der Waals surface area contributed by atoms with Crippen molar-refractivity contribution in [3.8, 4) is 5.75 Å². The highest BCUT2D eigenvalue weighted by molar-refractivity contribution is 5.88. The summed E-state index contributed by atoms with van der Waals surface area (Å²) in [6.07, 6.45) is 2.23. The molecule has 24 heavy (non-hydrogen) atoms. The molecule has 1 aliphatic carbocycles. The molecule has 126 valence electrons. The van der Waals surface area contributed by atoms with Gasteiger partial charge < -0.3 is 15.4 Å². The maximum atomic E-state index is 11.6. The summed E-state index contributed by atoms with van der Waals surface area (Å²) in [5.74, 6) is 1.84. The van der Waals surface area contributed by atoms with E-state index in [4.69, 9.17) is 4.74 Å². The fraction of sp³-hybridized carbons (Fsp3) is 0.353. The highest BCUT2D eigenvalue weighted by Crippen LogP contribution is 2.20. The van der Waals surface area contributed by atoms with Crippen molar-refractivity contribution < 1.29 is 9.53 Å². The number of anilines is 3. The lowest BCUT2D eigenvalue weighted by Crippen LogP contribution is -2.30. The van der Waals surface area contributed by atoms with Crippen molar-refractivity contribution in [2.24, 2.45) is 0 Å². The third kappa shape index (κ3) is 4.84. The smallest absolute Gasteiger partial charge is 0.320 e. The van der Waals surface area contributed by atoms with Crippen molar-refractivity contribution in [3.63, 3.8) is 0 Å². The maximum Gasteiger partial charge on any atom is 0.320 e. The summed E-state index contributed by atoms with van der Waals surface area (Å²) in [4.78, 5) is 11.6. The van der Waals surface area contributed by atoms with E-state index in [0.29, 0.717) is 17.7 Å². The van der Waals surface area contributed by atoms with Crippen molar-refractivity contribution in [2.45, 2.75) is 38.8 Å². The molecule has 0 aliphatic heterocycles. The zero-order chi connectivity index (χ0) is 16.9. The highest BCUT2D eigenvalue weighted by atomic mass is 16.5. The third-order valence-corrected chi connectivity index (χ3v) is 3.32. The Bertz CT molecular complexity index is 681. The molecule has 1 aromatic carbocycles. The van der Waals surface area contributed by atoms with Crippen LogP contribution in [0, 0.1) is 0 Å². The van der Waals surface area contributed by atoms with Gasteiger partial charge in [-0.2, -0.15) is 0 Å². The van der Waals surface area contributed by atoms with Gasteiger partial charge in [-0.15, -0.1) is 10.2 Å². The van der Waals surface area contributed by atoms with Gasteiger partial charge in [0.1, 0.15) is 5.75 Å². The number of carbonyl (C=O) groups is 1. The Morgan fingerprint density at radius 2 is 1.75 bits per heavy atom. The molecule has 0 bridgehead atoms. The molecule has 1 aliphatic rings. The second-order valence-corrected chi connectivity index (χ2v) is 5.99. The Hall–Kier alpha value is -2.83. The number of rotatable bonds is 6. The minimum atomic E-state index is -0.242. The predicted molar refractivity (Wildman–Crippen MR) is 92.7 cm³/mol. The number of nitrogens with one attached hydrogen (secondary N) is 3. The first-order valence-electron chi connectivity index (χ1n) is 8.03. The number of benzene rings is 1. The van der Waals surface area contributed by atoms with Crippen LogP contribution in [-0.4, -0.2) is 28.4 Å². The summed E-state index contributed by atoms with van der Waals surface area (Å²) in [7, 11) is 0. The molecular weight excluding hydrogens is 306 g/mol. The van der Waals surface area contributed by atoms with Crippen molar-refractivity contribution in [3.05, 3.63) is 36.4 Å². The predicted octanol–water partition coefficient (Wildman–Crippen LogP) is 3.29. The minimum absolute atomic E-state index is 0.145. The molecule has 3 rings (SSSR count). The molecular formula is C17H21N5O2. The third-order valence-electron chi connectivity index (χ3n) is 3.32. The molecule has 0 spiro atoms. The summed E-state index contributed by atoms with van der Waals surface area (Å²) in [5.41, 5.74) is 0.882. The van der Waals surface area contributed by atoms with Crippen LogP contribution in [0.3, 0.4) is 0 Å². The lowest BCUT2D eigenvalue weighted by atomic mass is 10.3. The molecule has 0 atom stereocenters. The summed E-state index contributed by atoms with van der Waals surface area (Å²) in [6.45, 7) is 3.98. The standard InChI is InChI=1S/C17H21N5O2/c1-11(2)24-14-7-5-12(6-8-14)18-15-9-10-16(22-21-15)20-17(23)19-13-3-4-13/h5-11,13H,3-4H2,1-2H3,(H,18,21)(H2,19,20,22,23). The molecule has 0 radical (unpaired) electrons. The summed E-state index contributed by atoms with van der Waals surface area (Å²) in [6, 6.07) is 11.1. The van der Waals surface area contributed by atoms with Crippen LogP contribution in [0.5, 0.6) is 5.75 Å². The number of hydrogen-bond acceptors (Lipinski definition) is 5. The lowest BCUT2D eigenvalue weighted by molar-refractivity contribution is 0.242. The van der Waals surface area contributed by atoms with Gasteiger partial charge in [0, 0.05) is 11.7 Å². The first-order chi connectivity index (χ1) is 11.6. The second-order valence-electron chi connectivity index (χ2n) is 5.99. The van der Waals surface area contributed by atoms with Crippen molar-refractivity contribution in [2.75, 3.05) is 10.6 Å². The molecule has 1 heterocycles. The van der Waals surface area contributed by atoms with Crippen molar-refractivity contribution in [1.29, 1.82) is 0 Å². The second kappa shape index (κ2) is 7.16. The number of carbonyl (C=O) groups excluding carboxylic acids is 1. The van der Waals surface area contributed by atoms with Crippen LogP contribution in [0.2, 0.25) is 0 Å². The van der Waals surface area contributed by atoms with Crippen molar-refractivity contribution in [1.82, 2.24) is 15.5 Å². The molecule has 1 fully saturated rings. The zero-order valence-corrected chi connectivity index (χ0v) is 13.7.